The largest absolute Gasteiger partial charge is 0.482 e. The van der Waals surface area contributed by atoms with E-state index in [2.05, 4.69) is 0 Å². The van der Waals surface area contributed by atoms with Crippen molar-refractivity contribution in [3.8, 4) is 0 Å². The smallest absolute Gasteiger partial charge is 0.272 e. The van der Waals surface area contributed by atoms with Crippen LogP contribution < -0.4 is 0 Å². The highest BCUT2D eigenvalue weighted by Gasteiger charge is 2.62. The van der Waals surface area contributed by atoms with E-state index in [1.807, 2.05) is 41.5 Å². The monoisotopic (exact) mass is 288 g/mol. The average molecular weight is 288 g/mol. The molecule has 8 heteroatoms. The van der Waals surface area contributed by atoms with E-state index >= 15 is 0 Å². The van der Waals surface area contributed by atoms with E-state index in [0.29, 0.717) is 6.67 Å². The summed E-state index contributed by atoms with van der Waals surface area (Å²) < 4.78 is 0. The van der Waals surface area contributed by atoms with E-state index in [1.54, 1.807) is 9.80 Å². The van der Waals surface area contributed by atoms with Crippen molar-refractivity contribution in [2.24, 2.45) is 0 Å². The Morgan fingerprint density at radius 1 is 0.850 bits per heavy atom. The number of hydrogen-bond acceptors (Lipinski definition) is 6. The average Bonchev–Trinajstić information content (AvgIpc) is 2.25. The van der Waals surface area contributed by atoms with Crippen molar-refractivity contribution in [3.05, 3.63) is 20.2 Å². The van der Waals surface area contributed by atoms with E-state index in [1.165, 1.54) is 0 Å². The lowest BCUT2D eigenvalue weighted by atomic mass is 9.96. The van der Waals surface area contributed by atoms with Gasteiger partial charge in [-0.2, -0.15) is 0 Å². The van der Waals surface area contributed by atoms with Crippen molar-refractivity contribution < 1.29 is 9.85 Å². The molecule has 1 rings (SSSR count). The van der Waals surface area contributed by atoms with Gasteiger partial charge in [0, 0.05) is 11.1 Å². The molecular weight excluding hydrogens is 264 g/mol. The third-order valence-corrected chi connectivity index (χ3v) is 3.81. The highest BCUT2D eigenvalue weighted by atomic mass is 16.7. The Kier molecular flexibility index (Phi) is 4.13. The van der Waals surface area contributed by atoms with Crippen LogP contribution in [0.1, 0.15) is 41.5 Å². The third-order valence-electron chi connectivity index (χ3n) is 3.81. The first-order valence-corrected chi connectivity index (χ1v) is 6.60. The summed E-state index contributed by atoms with van der Waals surface area (Å²) in [7, 11) is 0. The van der Waals surface area contributed by atoms with Gasteiger partial charge in [0.25, 0.3) is 0 Å². The molecule has 1 aliphatic heterocycles. The molecule has 1 heterocycles. The Morgan fingerprint density at radius 2 is 1.15 bits per heavy atom. The fraction of sp³-hybridized carbons (Fsp3) is 1.00. The molecule has 1 fully saturated rings. The second-order valence-corrected chi connectivity index (χ2v) is 7.38. The first kappa shape index (κ1) is 16.8. The summed E-state index contributed by atoms with van der Waals surface area (Å²) in [4.78, 5) is 24.9. The Balaban J connectivity index is 3.26. The van der Waals surface area contributed by atoms with Gasteiger partial charge in [-0.25, -0.2) is 0 Å². The maximum Gasteiger partial charge on any atom is 0.482 e. The molecule has 20 heavy (non-hydrogen) atoms. The summed E-state index contributed by atoms with van der Waals surface area (Å²) in [5, 5.41) is 22.7. The molecule has 8 nitrogen and oxygen atoms in total. The maximum atomic E-state index is 11.4. The first-order valence-electron chi connectivity index (χ1n) is 6.60. The Hall–Kier alpha value is -1.28. The summed E-state index contributed by atoms with van der Waals surface area (Å²) in [6, 6.07) is 0. The molecule has 0 aliphatic carbocycles. The van der Waals surface area contributed by atoms with Crippen LogP contribution in [0.2, 0.25) is 0 Å². The lowest BCUT2D eigenvalue weighted by molar-refractivity contribution is -0.799. The fourth-order valence-corrected chi connectivity index (χ4v) is 2.16. The number of nitrogens with zero attached hydrogens (tertiary/aromatic N) is 4. The van der Waals surface area contributed by atoms with Crippen LogP contribution in [0.15, 0.2) is 0 Å². The third kappa shape index (κ3) is 3.06. The predicted molar refractivity (Wildman–Crippen MR) is 74.5 cm³/mol. The summed E-state index contributed by atoms with van der Waals surface area (Å²) in [5.41, 5.74) is -2.92. The fourth-order valence-electron chi connectivity index (χ4n) is 2.16. The molecule has 0 unspecified atom stereocenters. The van der Waals surface area contributed by atoms with Crippen molar-refractivity contribution in [1.29, 1.82) is 0 Å². The summed E-state index contributed by atoms with van der Waals surface area (Å²) in [6.45, 7) is 11.6. The van der Waals surface area contributed by atoms with Gasteiger partial charge in [-0.15, -0.1) is 0 Å². The van der Waals surface area contributed by atoms with E-state index in [9.17, 15) is 20.2 Å². The number of nitro groups is 2. The van der Waals surface area contributed by atoms with E-state index in [-0.39, 0.29) is 24.2 Å². The van der Waals surface area contributed by atoms with Crippen molar-refractivity contribution >= 4 is 0 Å². The molecular formula is C12H24N4O4. The molecule has 116 valence electrons. The summed E-state index contributed by atoms with van der Waals surface area (Å²) in [5.74, 6) is 0. The molecule has 0 saturated carbocycles. The minimum Gasteiger partial charge on any atom is -0.272 e. The molecule has 0 spiro atoms. The van der Waals surface area contributed by atoms with Gasteiger partial charge in [0.2, 0.25) is 0 Å². The maximum absolute atomic E-state index is 11.4. The van der Waals surface area contributed by atoms with Gasteiger partial charge < -0.3 is 0 Å². The zero-order chi connectivity index (χ0) is 15.9. The van der Waals surface area contributed by atoms with E-state index in [0.717, 1.165) is 0 Å². The Morgan fingerprint density at radius 3 is 1.35 bits per heavy atom. The second kappa shape index (κ2) is 4.92. The molecule has 0 aromatic heterocycles. The van der Waals surface area contributed by atoms with Crippen LogP contribution in [0.4, 0.5) is 0 Å². The predicted octanol–water partition coefficient (Wildman–Crippen LogP) is 1.41. The molecule has 0 aromatic rings. The van der Waals surface area contributed by atoms with Gasteiger partial charge in [0.1, 0.15) is 22.9 Å². The van der Waals surface area contributed by atoms with Gasteiger partial charge >= 0.3 is 5.66 Å². The lowest BCUT2D eigenvalue weighted by Gasteiger charge is -2.48. The second-order valence-electron chi connectivity index (χ2n) is 7.38. The highest BCUT2D eigenvalue weighted by molar-refractivity contribution is 4.92. The molecule has 0 radical (unpaired) electrons. The topological polar surface area (TPSA) is 92.8 Å². The standard InChI is InChI=1S/C12H24N4O4/c1-10(2,3)13-7-12(15(17)18,16(19)20)8-14(9-13)11(4,5)6/h7-9H2,1-6H3. The van der Waals surface area contributed by atoms with Crippen LogP contribution in [0.25, 0.3) is 0 Å². The minimum atomic E-state index is -2.17. The normalized spacial score (nSPS) is 21.7. The zero-order valence-corrected chi connectivity index (χ0v) is 13.0. The summed E-state index contributed by atoms with van der Waals surface area (Å²) in [6.07, 6.45) is 0. The molecule has 0 aromatic carbocycles. The molecule has 0 N–H and O–H groups in total. The van der Waals surface area contributed by atoms with E-state index in [4.69, 9.17) is 0 Å². The van der Waals surface area contributed by atoms with Crippen LogP contribution in [0.3, 0.4) is 0 Å². The molecule has 1 saturated heterocycles. The van der Waals surface area contributed by atoms with Gasteiger partial charge in [-0.05, 0) is 41.5 Å². The molecule has 0 atom stereocenters. The molecule has 1 aliphatic rings. The first-order chi connectivity index (χ1) is 8.80. The number of hydrogen-bond donors (Lipinski definition) is 0. The quantitative estimate of drug-likeness (QED) is 0.433. The van der Waals surface area contributed by atoms with Gasteiger partial charge in [0.15, 0.2) is 0 Å². The van der Waals surface area contributed by atoms with Crippen LogP contribution in [-0.2, 0) is 0 Å². The van der Waals surface area contributed by atoms with Crippen LogP contribution >= 0.6 is 0 Å². The number of rotatable bonds is 2. The van der Waals surface area contributed by atoms with Crippen LogP contribution in [0.5, 0.6) is 0 Å². The van der Waals surface area contributed by atoms with Crippen LogP contribution in [0, 0.1) is 20.2 Å². The minimum absolute atomic E-state index is 0.178. The van der Waals surface area contributed by atoms with Crippen LogP contribution in [-0.4, -0.2) is 56.1 Å². The SMILES string of the molecule is CC(C)(C)N1CN(C(C)(C)C)CC([N+](=O)[O-])([N+](=O)[O-])C1. The molecule has 0 amide bonds. The van der Waals surface area contributed by atoms with E-state index < -0.39 is 15.5 Å². The summed E-state index contributed by atoms with van der Waals surface area (Å²) >= 11 is 0. The van der Waals surface area contributed by atoms with Gasteiger partial charge in [-0.3, -0.25) is 30.0 Å². The Labute approximate surface area is 119 Å². The van der Waals surface area contributed by atoms with Crippen molar-refractivity contribution in [2.45, 2.75) is 58.3 Å². The molecule has 0 bridgehead atoms. The highest BCUT2D eigenvalue weighted by Crippen LogP contribution is 2.30. The van der Waals surface area contributed by atoms with Gasteiger partial charge in [0.05, 0.1) is 6.67 Å². The zero-order valence-electron chi connectivity index (χ0n) is 13.0. The van der Waals surface area contributed by atoms with Gasteiger partial charge in [-0.1, -0.05) is 0 Å². The van der Waals surface area contributed by atoms with Crippen molar-refractivity contribution in [1.82, 2.24) is 9.80 Å². The van der Waals surface area contributed by atoms with Crippen molar-refractivity contribution in [2.75, 3.05) is 19.8 Å². The lowest BCUT2D eigenvalue weighted by Crippen LogP contribution is -2.71. The van der Waals surface area contributed by atoms with Crippen molar-refractivity contribution in [3.63, 3.8) is 0 Å². The Bertz CT molecular complexity index is 373.